The highest BCUT2D eigenvalue weighted by Crippen LogP contribution is 2.41. The molecular formula is C24H36N4O5S. The number of rotatable bonds is 7. The predicted molar refractivity (Wildman–Crippen MR) is 132 cm³/mol. The number of amides is 2. The number of likely N-dealkylation sites (tertiary alicyclic amines) is 1. The summed E-state index contributed by atoms with van der Waals surface area (Å²) in [7, 11) is -2.56. The van der Waals surface area contributed by atoms with Gasteiger partial charge in [0.05, 0.1) is 24.0 Å². The number of carbonyl (C=O) groups excluding carboxylic acids is 1. The van der Waals surface area contributed by atoms with Crippen molar-refractivity contribution in [2.75, 3.05) is 50.9 Å². The van der Waals surface area contributed by atoms with Crippen LogP contribution in [0.2, 0.25) is 0 Å². The molecule has 0 saturated carbocycles. The van der Waals surface area contributed by atoms with E-state index in [2.05, 4.69) is 41.3 Å². The smallest absolute Gasteiger partial charge is 0.320 e. The Morgan fingerprint density at radius 3 is 2.50 bits per heavy atom. The lowest BCUT2D eigenvalue weighted by Gasteiger charge is -2.44. The van der Waals surface area contributed by atoms with Gasteiger partial charge in [0.15, 0.2) is 5.82 Å². The molecule has 4 rings (SSSR count). The van der Waals surface area contributed by atoms with Gasteiger partial charge in [0.2, 0.25) is 5.89 Å². The third kappa shape index (κ3) is 6.10. The molecule has 2 fully saturated rings. The number of carbonyl (C=O) groups is 1. The maximum Gasteiger partial charge on any atom is 0.320 e. The first-order valence-corrected chi connectivity index (χ1v) is 14.0. The molecular weight excluding hydrogens is 456 g/mol. The Morgan fingerprint density at radius 2 is 1.82 bits per heavy atom. The number of benzene rings is 1. The Balaban J connectivity index is 1.52. The van der Waals surface area contributed by atoms with Crippen molar-refractivity contribution in [1.82, 2.24) is 19.9 Å². The number of urea groups is 1. The maximum atomic E-state index is 13.4. The number of hydrogen-bond acceptors (Lipinski definition) is 7. The van der Waals surface area contributed by atoms with E-state index in [1.54, 1.807) is 4.90 Å². The predicted octanol–water partition coefficient (Wildman–Crippen LogP) is 3.97. The quantitative estimate of drug-likeness (QED) is 0.563. The van der Waals surface area contributed by atoms with Gasteiger partial charge in [-0.2, -0.15) is 15.6 Å². The molecule has 1 aromatic heterocycles. The molecule has 0 aliphatic carbocycles. The highest BCUT2D eigenvalue weighted by atomic mass is 32.3. The zero-order valence-corrected chi connectivity index (χ0v) is 20.9. The van der Waals surface area contributed by atoms with Crippen LogP contribution in [0.1, 0.15) is 54.9 Å². The molecule has 2 amide bonds. The van der Waals surface area contributed by atoms with E-state index in [9.17, 15) is 13.9 Å². The van der Waals surface area contributed by atoms with Gasteiger partial charge in [-0.3, -0.25) is 9.11 Å². The van der Waals surface area contributed by atoms with Crippen molar-refractivity contribution in [3.05, 3.63) is 47.1 Å². The first-order chi connectivity index (χ1) is 16.4. The van der Waals surface area contributed by atoms with Crippen LogP contribution >= 0.6 is 10.6 Å². The number of ether oxygens (including phenoxy) is 1. The Hall–Kier alpha value is -2.14. The van der Waals surface area contributed by atoms with Crippen molar-refractivity contribution in [2.24, 2.45) is 0 Å². The SMILES string of the molecule is CCOCCc1noc(C2CC(c3ccc(CC)cc3)CN(C(=O)N3CCS(O)(O)CC3)C2)n1. The molecule has 2 N–H and O–H groups in total. The van der Waals surface area contributed by atoms with E-state index in [4.69, 9.17) is 9.26 Å². The van der Waals surface area contributed by atoms with Crippen LogP contribution in [0.4, 0.5) is 4.79 Å². The van der Waals surface area contributed by atoms with Gasteiger partial charge in [0.25, 0.3) is 0 Å². The molecule has 10 heteroatoms. The summed E-state index contributed by atoms with van der Waals surface area (Å²) < 4.78 is 30.9. The second-order valence-electron chi connectivity index (χ2n) is 9.11. The molecule has 34 heavy (non-hydrogen) atoms. The molecule has 9 nitrogen and oxygen atoms in total. The summed E-state index contributed by atoms with van der Waals surface area (Å²) in [4.78, 5) is 21.6. The van der Waals surface area contributed by atoms with Gasteiger partial charge in [-0.15, -0.1) is 0 Å². The molecule has 2 saturated heterocycles. The Bertz CT molecular complexity index is 941. The van der Waals surface area contributed by atoms with Crippen LogP contribution < -0.4 is 0 Å². The van der Waals surface area contributed by atoms with Gasteiger partial charge in [-0.05, 0) is 30.9 Å². The molecule has 0 spiro atoms. The molecule has 2 atom stereocenters. The highest BCUT2D eigenvalue weighted by Gasteiger charge is 2.37. The van der Waals surface area contributed by atoms with Gasteiger partial charge in [-0.25, -0.2) is 4.79 Å². The van der Waals surface area contributed by atoms with Crippen molar-refractivity contribution in [2.45, 2.75) is 44.9 Å². The number of piperidine rings is 1. The summed E-state index contributed by atoms with van der Waals surface area (Å²) >= 11 is 0. The second-order valence-corrected chi connectivity index (χ2v) is 11.5. The summed E-state index contributed by atoms with van der Waals surface area (Å²) in [6.07, 6.45) is 2.40. The lowest BCUT2D eigenvalue weighted by Crippen LogP contribution is -2.52. The lowest BCUT2D eigenvalue weighted by molar-refractivity contribution is 0.129. The van der Waals surface area contributed by atoms with Crippen LogP contribution in [-0.4, -0.2) is 86.0 Å². The fraction of sp³-hybridized carbons (Fsp3) is 0.625. The molecule has 1 aromatic carbocycles. The molecule has 0 radical (unpaired) electrons. The average Bonchev–Trinajstić information content (AvgIpc) is 3.33. The molecule has 2 aliphatic heterocycles. The zero-order valence-electron chi connectivity index (χ0n) is 20.1. The molecule has 2 aliphatic rings. The van der Waals surface area contributed by atoms with E-state index >= 15 is 0 Å². The molecule has 2 aromatic rings. The fourth-order valence-corrected chi connectivity index (χ4v) is 5.89. The minimum absolute atomic E-state index is 0.0629. The second kappa shape index (κ2) is 11.1. The van der Waals surface area contributed by atoms with Crippen molar-refractivity contribution < 1.29 is 23.2 Å². The first kappa shape index (κ1) is 25.0. The van der Waals surface area contributed by atoms with E-state index in [0.29, 0.717) is 57.5 Å². The number of nitrogens with zero attached hydrogens (tertiary/aromatic N) is 4. The van der Waals surface area contributed by atoms with Crippen molar-refractivity contribution in [1.29, 1.82) is 0 Å². The maximum absolute atomic E-state index is 13.4. The molecule has 0 bridgehead atoms. The van der Waals surface area contributed by atoms with Crippen LogP contribution in [0.5, 0.6) is 0 Å². The highest BCUT2D eigenvalue weighted by molar-refractivity contribution is 8.24. The third-order valence-corrected chi connectivity index (χ3v) is 8.41. The van der Waals surface area contributed by atoms with Gasteiger partial charge < -0.3 is 19.1 Å². The standard InChI is InChI=1S/C24H36N4O5S/c1-3-18-5-7-19(8-6-18)20-15-21(23-25-22(26-33-23)9-12-32-4-2)17-28(16-20)24(29)27-10-13-34(30,31)14-11-27/h5-8,20-21,30-31H,3-4,9-17H2,1-2H3. The first-order valence-electron chi connectivity index (χ1n) is 12.1. The molecule has 188 valence electrons. The topological polar surface area (TPSA) is 112 Å². The van der Waals surface area contributed by atoms with Crippen LogP contribution in [0.15, 0.2) is 28.8 Å². The van der Waals surface area contributed by atoms with E-state index in [1.165, 1.54) is 11.1 Å². The minimum atomic E-state index is -2.56. The average molecular weight is 493 g/mol. The molecule has 3 heterocycles. The Kier molecular flexibility index (Phi) is 8.13. The van der Waals surface area contributed by atoms with Crippen LogP contribution in [0, 0.1) is 0 Å². The summed E-state index contributed by atoms with van der Waals surface area (Å²) in [5.74, 6) is 1.75. The van der Waals surface area contributed by atoms with Crippen LogP contribution in [0.3, 0.4) is 0 Å². The van der Waals surface area contributed by atoms with E-state index in [0.717, 1.165) is 12.8 Å². The zero-order chi connectivity index (χ0) is 24.1. The normalized spacial score (nSPS) is 23.6. The Morgan fingerprint density at radius 1 is 1.12 bits per heavy atom. The minimum Gasteiger partial charge on any atom is -0.381 e. The fourth-order valence-electron chi connectivity index (χ4n) is 4.66. The van der Waals surface area contributed by atoms with E-state index in [-0.39, 0.29) is 29.4 Å². The number of aryl methyl sites for hydroxylation is 1. The van der Waals surface area contributed by atoms with Crippen molar-refractivity contribution >= 4 is 16.6 Å². The van der Waals surface area contributed by atoms with Gasteiger partial charge >= 0.3 is 6.03 Å². The van der Waals surface area contributed by atoms with Crippen molar-refractivity contribution in [3.8, 4) is 0 Å². The monoisotopic (exact) mass is 492 g/mol. The van der Waals surface area contributed by atoms with Gasteiger partial charge in [0.1, 0.15) is 0 Å². The number of hydrogen-bond donors (Lipinski definition) is 2. The summed E-state index contributed by atoms with van der Waals surface area (Å²) in [5.41, 5.74) is 2.48. The largest absolute Gasteiger partial charge is 0.381 e. The van der Waals surface area contributed by atoms with E-state index < -0.39 is 10.6 Å². The Labute approximate surface area is 202 Å². The summed E-state index contributed by atoms with van der Waals surface area (Å²) in [6, 6.07) is 8.56. The lowest BCUT2D eigenvalue weighted by atomic mass is 9.84. The summed E-state index contributed by atoms with van der Waals surface area (Å²) in [6.45, 7) is 7.12. The van der Waals surface area contributed by atoms with Gasteiger partial charge in [-0.1, -0.05) is 36.3 Å². The summed E-state index contributed by atoms with van der Waals surface area (Å²) in [5, 5.41) is 4.13. The van der Waals surface area contributed by atoms with Crippen LogP contribution in [0.25, 0.3) is 0 Å². The number of aromatic nitrogens is 2. The van der Waals surface area contributed by atoms with Gasteiger partial charge in [0, 0.05) is 45.1 Å². The third-order valence-electron chi connectivity index (χ3n) is 6.73. The van der Waals surface area contributed by atoms with Crippen molar-refractivity contribution in [3.63, 3.8) is 0 Å². The molecule has 2 unspecified atom stereocenters. The van der Waals surface area contributed by atoms with E-state index in [1.807, 2.05) is 11.8 Å². The van der Waals surface area contributed by atoms with Crippen LogP contribution in [-0.2, 0) is 17.6 Å².